The number of amides is 1. The quantitative estimate of drug-likeness (QED) is 0.680. The zero-order valence-electron chi connectivity index (χ0n) is 17.1. The van der Waals surface area contributed by atoms with Gasteiger partial charge in [-0.05, 0) is 42.9 Å². The minimum Gasteiger partial charge on any atom is -0.347 e. The topological polar surface area (TPSA) is 64.0 Å². The molecule has 1 aromatic carbocycles. The zero-order chi connectivity index (χ0) is 20.4. The van der Waals surface area contributed by atoms with Gasteiger partial charge in [-0.1, -0.05) is 45.0 Å². The number of aryl methyl sites for hydroxylation is 3. The van der Waals surface area contributed by atoms with Crippen LogP contribution in [-0.4, -0.2) is 15.5 Å². The molecule has 0 aliphatic rings. The first-order valence-corrected chi connectivity index (χ1v) is 10.5. The highest BCUT2D eigenvalue weighted by Crippen LogP contribution is 2.25. The minimum absolute atomic E-state index is 0.0353. The van der Waals surface area contributed by atoms with Gasteiger partial charge in [0.2, 0.25) is 5.91 Å². The molecule has 1 amide bonds. The van der Waals surface area contributed by atoms with Gasteiger partial charge in [-0.15, -0.1) is 11.3 Å². The van der Waals surface area contributed by atoms with E-state index in [1.807, 2.05) is 13.8 Å². The Morgan fingerprint density at radius 3 is 2.50 bits per heavy atom. The minimum atomic E-state index is -0.189. The Balaban J connectivity index is 1.81. The maximum Gasteiger partial charge on any atom is 0.262 e. The van der Waals surface area contributed by atoms with Crippen molar-refractivity contribution in [1.82, 2.24) is 14.9 Å². The van der Waals surface area contributed by atoms with Gasteiger partial charge in [-0.2, -0.15) is 0 Å². The van der Waals surface area contributed by atoms with E-state index in [1.165, 1.54) is 27.8 Å². The number of carbonyl (C=O) groups excluding carboxylic acids is 1. The molecule has 5 nitrogen and oxygen atoms in total. The molecule has 0 bridgehead atoms. The van der Waals surface area contributed by atoms with Crippen LogP contribution in [0.25, 0.3) is 10.2 Å². The number of fused-ring (bicyclic) bond motifs is 1. The number of carbonyl (C=O) groups is 1. The highest BCUT2D eigenvalue weighted by Gasteiger charge is 2.20. The van der Waals surface area contributed by atoms with Gasteiger partial charge in [0.1, 0.15) is 11.4 Å². The molecule has 3 aromatic rings. The van der Waals surface area contributed by atoms with E-state index in [4.69, 9.17) is 0 Å². The lowest BCUT2D eigenvalue weighted by Crippen LogP contribution is -2.36. The molecule has 6 heteroatoms. The molecule has 28 heavy (non-hydrogen) atoms. The average molecular weight is 398 g/mol. The molecule has 2 aromatic heterocycles. The summed E-state index contributed by atoms with van der Waals surface area (Å²) in [5.74, 6) is 0.0432. The number of benzene rings is 1. The number of hydrogen-bond acceptors (Lipinski definition) is 4. The summed E-state index contributed by atoms with van der Waals surface area (Å²) in [6.45, 7) is 10.2. The summed E-state index contributed by atoms with van der Waals surface area (Å²) in [7, 11) is 0. The summed E-state index contributed by atoms with van der Waals surface area (Å²) in [4.78, 5) is 31.7. The van der Waals surface area contributed by atoms with E-state index in [-0.39, 0.29) is 30.0 Å². The van der Waals surface area contributed by atoms with Crippen molar-refractivity contribution in [2.24, 2.45) is 5.92 Å². The van der Waals surface area contributed by atoms with E-state index < -0.39 is 0 Å². The molecule has 0 aliphatic heterocycles. The van der Waals surface area contributed by atoms with Crippen molar-refractivity contribution in [2.45, 2.75) is 53.6 Å². The molecule has 0 spiro atoms. The van der Waals surface area contributed by atoms with Crippen molar-refractivity contribution in [3.8, 4) is 0 Å². The van der Waals surface area contributed by atoms with Gasteiger partial charge < -0.3 is 5.32 Å². The molecule has 0 aliphatic carbocycles. The highest BCUT2D eigenvalue weighted by atomic mass is 32.1. The van der Waals surface area contributed by atoms with Crippen molar-refractivity contribution in [2.75, 3.05) is 0 Å². The lowest BCUT2D eigenvalue weighted by atomic mass is 9.95. The fourth-order valence-corrected chi connectivity index (χ4v) is 4.34. The van der Waals surface area contributed by atoms with Crippen LogP contribution in [0.1, 0.15) is 48.4 Å². The second-order valence-corrected chi connectivity index (χ2v) is 8.73. The van der Waals surface area contributed by atoms with Crippen LogP contribution >= 0.6 is 11.3 Å². The first-order valence-electron chi connectivity index (χ1n) is 9.65. The third kappa shape index (κ3) is 4.02. The number of nitrogens with one attached hydrogen (secondary N) is 1. The standard InChI is InChI=1S/C22H27N3O2S/c1-6-16-7-9-17(10-8-16)20(13(2)3)24-18(26)11-25-12-23-21-19(22(25)27)14(4)15(5)28-21/h7-10,12-13,20H,6,11H2,1-5H3,(H,24,26). The predicted molar refractivity (Wildman–Crippen MR) is 115 cm³/mol. The maximum absolute atomic E-state index is 12.8. The summed E-state index contributed by atoms with van der Waals surface area (Å²) in [6, 6.07) is 8.24. The highest BCUT2D eigenvalue weighted by molar-refractivity contribution is 7.18. The Bertz CT molecular complexity index is 1050. The predicted octanol–water partition coefficient (Wildman–Crippen LogP) is 4.15. The first-order chi connectivity index (χ1) is 13.3. The molecular formula is C22H27N3O2S. The molecule has 3 rings (SSSR count). The van der Waals surface area contributed by atoms with E-state index >= 15 is 0 Å². The van der Waals surface area contributed by atoms with E-state index in [1.54, 1.807) is 0 Å². The lowest BCUT2D eigenvalue weighted by Gasteiger charge is -2.23. The van der Waals surface area contributed by atoms with Crippen LogP contribution in [0.3, 0.4) is 0 Å². The smallest absolute Gasteiger partial charge is 0.262 e. The van der Waals surface area contributed by atoms with Crippen molar-refractivity contribution in [3.63, 3.8) is 0 Å². The SMILES string of the molecule is CCc1ccc(C(NC(=O)Cn2cnc3sc(C)c(C)c3c2=O)C(C)C)cc1. The third-order valence-corrected chi connectivity index (χ3v) is 6.32. The average Bonchev–Trinajstić information content (AvgIpc) is 2.96. The van der Waals surface area contributed by atoms with Crippen molar-refractivity contribution >= 4 is 27.5 Å². The summed E-state index contributed by atoms with van der Waals surface area (Å²) in [5, 5.41) is 3.71. The van der Waals surface area contributed by atoms with Crippen molar-refractivity contribution < 1.29 is 4.79 Å². The number of nitrogens with zero attached hydrogens (tertiary/aromatic N) is 2. The monoisotopic (exact) mass is 397 g/mol. The van der Waals surface area contributed by atoms with E-state index in [0.29, 0.717) is 5.39 Å². The number of hydrogen-bond donors (Lipinski definition) is 1. The molecule has 2 heterocycles. The largest absolute Gasteiger partial charge is 0.347 e. The molecule has 0 saturated carbocycles. The molecule has 0 saturated heterocycles. The Morgan fingerprint density at radius 2 is 1.89 bits per heavy atom. The second-order valence-electron chi connectivity index (χ2n) is 7.53. The van der Waals surface area contributed by atoms with E-state index in [0.717, 1.165) is 27.3 Å². The summed E-state index contributed by atoms with van der Waals surface area (Å²) >= 11 is 1.51. The summed E-state index contributed by atoms with van der Waals surface area (Å²) in [5.41, 5.74) is 3.13. The van der Waals surface area contributed by atoms with Crippen LogP contribution in [-0.2, 0) is 17.8 Å². The Hall–Kier alpha value is -2.47. The Morgan fingerprint density at radius 1 is 1.21 bits per heavy atom. The van der Waals surface area contributed by atoms with Crippen LogP contribution in [0.4, 0.5) is 0 Å². The normalized spacial score (nSPS) is 12.5. The van der Waals surface area contributed by atoms with Gasteiger partial charge in [-0.25, -0.2) is 4.98 Å². The van der Waals surface area contributed by atoms with Crippen LogP contribution in [0.15, 0.2) is 35.4 Å². The van der Waals surface area contributed by atoms with Crippen LogP contribution in [0, 0.1) is 19.8 Å². The fourth-order valence-electron chi connectivity index (χ4n) is 3.35. The van der Waals surface area contributed by atoms with E-state index in [9.17, 15) is 9.59 Å². The van der Waals surface area contributed by atoms with Crippen molar-refractivity contribution in [1.29, 1.82) is 0 Å². The zero-order valence-corrected chi connectivity index (χ0v) is 17.9. The van der Waals surface area contributed by atoms with Crippen molar-refractivity contribution in [3.05, 3.63) is 62.5 Å². The second kappa shape index (κ2) is 8.27. The van der Waals surface area contributed by atoms with Crippen LogP contribution < -0.4 is 10.9 Å². The number of thiophene rings is 1. The molecule has 1 atom stereocenters. The van der Waals surface area contributed by atoms with E-state index in [2.05, 4.69) is 55.3 Å². The fraction of sp³-hybridized carbons (Fsp3) is 0.409. The van der Waals surface area contributed by atoms with Gasteiger partial charge in [0, 0.05) is 4.88 Å². The molecule has 0 radical (unpaired) electrons. The van der Waals surface area contributed by atoms with Crippen LogP contribution in [0.2, 0.25) is 0 Å². The molecule has 1 N–H and O–H groups in total. The molecular weight excluding hydrogens is 370 g/mol. The first kappa shape index (κ1) is 20.3. The maximum atomic E-state index is 12.8. The van der Waals surface area contributed by atoms with Gasteiger partial charge in [0.25, 0.3) is 5.56 Å². The van der Waals surface area contributed by atoms with Gasteiger partial charge >= 0.3 is 0 Å². The summed E-state index contributed by atoms with van der Waals surface area (Å²) < 4.78 is 1.40. The molecule has 1 unspecified atom stereocenters. The Kier molecular flexibility index (Phi) is 5.98. The lowest BCUT2D eigenvalue weighted by molar-refractivity contribution is -0.122. The van der Waals surface area contributed by atoms with Gasteiger partial charge in [-0.3, -0.25) is 14.2 Å². The van der Waals surface area contributed by atoms with Gasteiger partial charge in [0.15, 0.2) is 0 Å². The third-order valence-electron chi connectivity index (χ3n) is 5.20. The number of rotatable bonds is 6. The molecule has 148 valence electrons. The Labute approximate surface area is 169 Å². The summed E-state index contributed by atoms with van der Waals surface area (Å²) in [6.07, 6.45) is 2.46. The molecule has 0 fully saturated rings. The van der Waals surface area contributed by atoms with Gasteiger partial charge in [0.05, 0.1) is 17.8 Å². The van der Waals surface area contributed by atoms with Crippen LogP contribution in [0.5, 0.6) is 0 Å². The number of aromatic nitrogens is 2.